The van der Waals surface area contributed by atoms with Gasteiger partial charge in [0.15, 0.2) is 0 Å². The summed E-state index contributed by atoms with van der Waals surface area (Å²) in [6.07, 6.45) is 9.37. The number of nitrogens with one attached hydrogen (secondary N) is 1. The summed E-state index contributed by atoms with van der Waals surface area (Å²) in [5.41, 5.74) is 7.83. The van der Waals surface area contributed by atoms with Crippen molar-refractivity contribution in [3.8, 4) is 5.69 Å². The van der Waals surface area contributed by atoms with E-state index in [0.717, 1.165) is 37.1 Å². The van der Waals surface area contributed by atoms with Crippen LogP contribution >= 0.6 is 0 Å². The number of hydrogen-bond acceptors (Lipinski definition) is 3. The highest BCUT2D eigenvalue weighted by molar-refractivity contribution is 5.93. The number of anilines is 1. The molecule has 3 rings (SSSR count). The Kier molecular flexibility index (Phi) is 4.01. The largest absolute Gasteiger partial charge is 0.327 e. The fourth-order valence-electron chi connectivity index (χ4n) is 2.88. The smallest absolute Gasteiger partial charge is 0.229 e. The van der Waals surface area contributed by atoms with E-state index in [2.05, 4.69) is 10.3 Å². The van der Waals surface area contributed by atoms with E-state index in [1.165, 1.54) is 0 Å². The van der Waals surface area contributed by atoms with Gasteiger partial charge in [-0.3, -0.25) is 4.79 Å². The van der Waals surface area contributed by atoms with Gasteiger partial charge in [-0.1, -0.05) is 18.9 Å². The average Bonchev–Trinajstić information content (AvgIpc) is 3.02. The minimum atomic E-state index is -0.0735. The molecule has 1 heterocycles. The summed E-state index contributed by atoms with van der Waals surface area (Å²) < 4.78 is 1.90. The molecule has 2 aromatic rings. The van der Waals surface area contributed by atoms with Crippen molar-refractivity contribution in [3.63, 3.8) is 0 Å². The van der Waals surface area contributed by atoms with Gasteiger partial charge in [0, 0.05) is 29.8 Å². The molecule has 0 saturated heterocycles. The highest BCUT2D eigenvalue weighted by Crippen LogP contribution is 2.24. The zero-order valence-electron chi connectivity index (χ0n) is 11.9. The summed E-state index contributed by atoms with van der Waals surface area (Å²) in [5, 5.41) is 2.99. The third-order valence-electron chi connectivity index (χ3n) is 4.07. The van der Waals surface area contributed by atoms with Crippen LogP contribution < -0.4 is 11.1 Å². The first-order chi connectivity index (χ1) is 10.2. The van der Waals surface area contributed by atoms with Crippen LogP contribution in [0.2, 0.25) is 0 Å². The summed E-state index contributed by atoms with van der Waals surface area (Å²) in [5.74, 6) is -0.0411. The molecule has 1 aromatic carbocycles. The van der Waals surface area contributed by atoms with Gasteiger partial charge in [0.2, 0.25) is 5.91 Å². The average molecular weight is 284 g/mol. The minimum absolute atomic E-state index is 0.0180. The van der Waals surface area contributed by atoms with Gasteiger partial charge in [-0.15, -0.1) is 0 Å². The van der Waals surface area contributed by atoms with Crippen molar-refractivity contribution in [2.45, 2.75) is 31.7 Å². The SMILES string of the molecule is NC1CCCCC1C(=O)Nc1cccc(-n2ccnc2)c1. The first-order valence-electron chi connectivity index (χ1n) is 7.39. The molecule has 1 aliphatic rings. The normalized spacial score (nSPS) is 22.0. The molecule has 2 unspecified atom stereocenters. The summed E-state index contributed by atoms with van der Waals surface area (Å²) in [7, 11) is 0. The van der Waals surface area contributed by atoms with Gasteiger partial charge < -0.3 is 15.6 Å². The monoisotopic (exact) mass is 284 g/mol. The van der Waals surface area contributed by atoms with E-state index >= 15 is 0 Å². The van der Waals surface area contributed by atoms with Crippen LogP contribution in [0.1, 0.15) is 25.7 Å². The quantitative estimate of drug-likeness (QED) is 0.908. The lowest BCUT2D eigenvalue weighted by Crippen LogP contribution is -2.40. The molecule has 1 saturated carbocycles. The number of nitrogens with zero attached hydrogens (tertiary/aromatic N) is 2. The number of carbonyl (C=O) groups is 1. The molecule has 5 heteroatoms. The Morgan fingerprint density at radius 1 is 1.33 bits per heavy atom. The molecule has 1 aliphatic carbocycles. The third kappa shape index (κ3) is 3.13. The Morgan fingerprint density at radius 2 is 2.19 bits per heavy atom. The van der Waals surface area contributed by atoms with Gasteiger partial charge in [-0.2, -0.15) is 0 Å². The number of carbonyl (C=O) groups excluding carboxylic acids is 1. The molecule has 2 atom stereocenters. The topological polar surface area (TPSA) is 72.9 Å². The minimum Gasteiger partial charge on any atom is -0.327 e. The molecular formula is C16H20N4O. The number of amides is 1. The molecule has 1 fully saturated rings. The molecule has 3 N–H and O–H groups in total. The maximum Gasteiger partial charge on any atom is 0.229 e. The number of rotatable bonds is 3. The first kappa shape index (κ1) is 13.8. The standard InChI is InChI=1S/C16H20N4O/c17-15-7-2-1-6-14(15)16(21)19-12-4-3-5-13(10-12)20-9-8-18-11-20/h3-5,8-11,14-15H,1-2,6-7,17H2,(H,19,21). The van der Waals surface area contributed by atoms with Gasteiger partial charge in [0.25, 0.3) is 0 Å². The van der Waals surface area contributed by atoms with Crippen LogP contribution in [0.4, 0.5) is 5.69 Å². The van der Waals surface area contributed by atoms with Crippen LogP contribution in [0.15, 0.2) is 43.0 Å². The number of aromatic nitrogens is 2. The van der Waals surface area contributed by atoms with Crippen LogP contribution in [0.3, 0.4) is 0 Å². The van der Waals surface area contributed by atoms with E-state index in [1.807, 2.05) is 35.0 Å². The summed E-state index contributed by atoms with van der Waals surface area (Å²) in [4.78, 5) is 16.4. The van der Waals surface area contributed by atoms with Crippen LogP contribution in [-0.2, 0) is 4.79 Å². The van der Waals surface area contributed by atoms with Gasteiger partial charge in [0.05, 0.1) is 12.2 Å². The summed E-state index contributed by atoms with van der Waals surface area (Å²) >= 11 is 0. The van der Waals surface area contributed by atoms with Crippen molar-refractivity contribution in [1.29, 1.82) is 0 Å². The molecule has 1 aromatic heterocycles. The zero-order valence-corrected chi connectivity index (χ0v) is 11.9. The number of imidazole rings is 1. The zero-order chi connectivity index (χ0) is 14.7. The van der Waals surface area contributed by atoms with Crippen molar-refractivity contribution in [3.05, 3.63) is 43.0 Å². The number of nitrogens with two attached hydrogens (primary N) is 1. The van der Waals surface area contributed by atoms with Gasteiger partial charge in [-0.05, 0) is 31.0 Å². The predicted molar refractivity (Wildman–Crippen MR) is 82.1 cm³/mol. The molecule has 21 heavy (non-hydrogen) atoms. The number of hydrogen-bond donors (Lipinski definition) is 2. The van der Waals surface area contributed by atoms with Crippen molar-refractivity contribution in [1.82, 2.24) is 9.55 Å². The highest BCUT2D eigenvalue weighted by Gasteiger charge is 2.28. The maximum atomic E-state index is 12.4. The second-order valence-electron chi connectivity index (χ2n) is 5.56. The van der Waals surface area contributed by atoms with Gasteiger partial charge in [0.1, 0.15) is 0 Å². The van der Waals surface area contributed by atoms with E-state index in [0.29, 0.717) is 0 Å². The second kappa shape index (κ2) is 6.10. The van der Waals surface area contributed by atoms with Gasteiger partial charge >= 0.3 is 0 Å². The highest BCUT2D eigenvalue weighted by atomic mass is 16.1. The Bertz CT molecular complexity index is 608. The molecule has 0 bridgehead atoms. The molecule has 1 amide bonds. The molecule has 5 nitrogen and oxygen atoms in total. The van der Waals surface area contributed by atoms with E-state index in [4.69, 9.17) is 5.73 Å². The molecular weight excluding hydrogens is 264 g/mol. The fourth-order valence-corrected chi connectivity index (χ4v) is 2.88. The predicted octanol–water partition coefficient (Wildman–Crippen LogP) is 2.33. The molecule has 0 spiro atoms. The van der Waals surface area contributed by atoms with E-state index < -0.39 is 0 Å². The Balaban J connectivity index is 1.73. The fraction of sp³-hybridized carbons (Fsp3) is 0.375. The lowest BCUT2D eigenvalue weighted by Gasteiger charge is -2.27. The van der Waals surface area contributed by atoms with Crippen molar-refractivity contribution >= 4 is 11.6 Å². The first-order valence-corrected chi connectivity index (χ1v) is 7.39. The van der Waals surface area contributed by atoms with E-state index in [1.54, 1.807) is 12.5 Å². The lowest BCUT2D eigenvalue weighted by atomic mass is 9.84. The van der Waals surface area contributed by atoms with Gasteiger partial charge in [-0.25, -0.2) is 4.98 Å². The van der Waals surface area contributed by atoms with E-state index in [-0.39, 0.29) is 17.9 Å². The van der Waals surface area contributed by atoms with Crippen LogP contribution in [0.5, 0.6) is 0 Å². The van der Waals surface area contributed by atoms with E-state index in [9.17, 15) is 4.79 Å². The van der Waals surface area contributed by atoms with Crippen molar-refractivity contribution in [2.75, 3.05) is 5.32 Å². The Labute approximate surface area is 124 Å². The molecule has 0 radical (unpaired) electrons. The third-order valence-corrected chi connectivity index (χ3v) is 4.07. The maximum absolute atomic E-state index is 12.4. The van der Waals surface area contributed by atoms with Crippen LogP contribution in [-0.4, -0.2) is 21.5 Å². The summed E-state index contributed by atoms with van der Waals surface area (Å²) in [6, 6.07) is 7.71. The van der Waals surface area contributed by atoms with Crippen molar-refractivity contribution in [2.24, 2.45) is 11.7 Å². The Morgan fingerprint density at radius 3 is 2.95 bits per heavy atom. The molecule has 0 aliphatic heterocycles. The second-order valence-corrected chi connectivity index (χ2v) is 5.56. The lowest BCUT2D eigenvalue weighted by molar-refractivity contribution is -0.121. The van der Waals surface area contributed by atoms with Crippen LogP contribution in [0, 0.1) is 5.92 Å². The van der Waals surface area contributed by atoms with Crippen LogP contribution in [0.25, 0.3) is 5.69 Å². The Hall–Kier alpha value is -2.14. The summed E-state index contributed by atoms with van der Waals surface area (Å²) in [6.45, 7) is 0. The molecule has 110 valence electrons. The van der Waals surface area contributed by atoms with Crippen molar-refractivity contribution < 1.29 is 4.79 Å². The number of benzene rings is 1.